The lowest BCUT2D eigenvalue weighted by molar-refractivity contribution is -0.158. The van der Waals surface area contributed by atoms with Crippen LogP contribution in [0, 0.1) is 24.2 Å². The molecule has 2 atom stereocenters. The monoisotopic (exact) mass is 725 g/mol. The number of carbonyl (C=O) groups is 2. The van der Waals surface area contributed by atoms with Crippen LogP contribution >= 0.6 is 10.8 Å². The predicted octanol–water partition coefficient (Wildman–Crippen LogP) is 5.93. The molecule has 1 amide bonds. The lowest BCUT2D eigenvalue weighted by Gasteiger charge is -2.42. The fraction of sp³-hybridized carbons (Fsp3) is 0.568. The molecule has 0 saturated carbocycles. The summed E-state index contributed by atoms with van der Waals surface area (Å²) in [6.07, 6.45) is 4.11. The zero-order valence-corrected chi connectivity index (χ0v) is 30.8. The Labute approximate surface area is 301 Å². The van der Waals surface area contributed by atoms with Gasteiger partial charge in [0.2, 0.25) is 5.91 Å². The predicted molar refractivity (Wildman–Crippen MR) is 191 cm³/mol. The van der Waals surface area contributed by atoms with Gasteiger partial charge in [-0.2, -0.15) is 4.31 Å². The summed E-state index contributed by atoms with van der Waals surface area (Å²) >= 11 is 0. The number of hydrogen-bond acceptors (Lipinski definition) is 10. The summed E-state index contributed by atoms with van der Waals surface area (Å²) in [6.45, 7) is 11.1. The van der Waals surface area contributed by atoms with Gasteiger partial charge in [0.15, 0.2) is 0 Å². The Morgan fingerprint density at radius 1 is 1.08 bits per heavy atom. The average Bonchev–Trinajstić information content (AvgIpc) is 3.53. The van der Waals surface area contributed by atoms with E-state index in [9.17, 15) is 23.8 Å². The minimum Gasteiger partial charge on any atom is -0.487 e. The third kappa shape index (κ3) is 8.42. The normalized spacial score (nSPS) is 21.7. The molecule has 51 heavy (non-hydrogen) atoms. The highest BCUT2D eigenvalue weighted by molar-refractivity contribution is 8.22. The first-order valence-electron chi connectivity index (χ1n) is 17.8. The maximum Gasteiger partial charge on any atom is 0.312 e. The number of ether oxygens (including phenoxy) is 3. The van der Waals surface area contributed by atoms with E-state index in [1.165, 1.54) is 0 Å². The highest BCUT2D eigenvalue weighted by Crippen LogP contribution is 2.57. The van der Waals surface area contributed by atoms with Gasteiger partial charge < -0.3 is 24.2 Å². The molecular formula is C37H51N5O8S. The topological polar surface area (TPSA) is 160 Å². The number of hydrogen-bond donors (Lipinski definition) is 3. The van der Waals surface area contributed by atoms with Gasteiger partial charge in [0.1, 0.15) is 22.4 Å². The summed E-state index contributed by atoms with van der Waals surface area (Å²) < 4.78 is 44.2. The fourth-order valence-corrected chi connectivity index (χ4v) is 8.89. The number of aryl methyl sites for hydroxylation is 1. The third-order valence-electron chi connectivity index (χ3n) is 10.4. The number of carbonyl (C=O) groups excluding carboxylic acids is 1. The number of likely N-dealkylation sites (tertiary alicyclic amines) is 1. The number of fused-ring (bicyclic) bond motifs is 1. The Morgan fingerprint density at radius 3 is 2.53 bits per heavy atom. The largest absolute Gasteiger partial charge is 0.487 e. The van der Waals surface area contributed by atoms with Crippen molar-refractivity contribution in [2.24, 2.45) is 17.3 Å². The molecule has 0 radical (unpaired) electrons. The van der Waals surface area contributed by atoms with Crippen molar-refractivity contribution in [1.82, 2.24) is 24.2 Å². The van der Waals surface area contributed by atoms with Gasteiger partial charge in [-0.05, 0) is 88.1 Å². The van der Waals surface area contributed by atoms with Crippen LogP contribution in [0.5, 0.6) is 5.75 Å². The lowest BCUT2D eigenvalue weighted by atomic mass is 9.81. The summed E-state index contributed by atoms with van der Waals surface area (Å²) in [6, 6.07) is 12.7. The number of benzene rings is 2. The number of nitrogens with zero attached hydrogens (tertiary/aromatic N) is 5. The highest BCUT2D eigenvalue weighted by Gasteiger charge is 2.40. The Morgan fingerprint density at radius 2 is 1.80 bits per heavy atom. The molecule has 6 rings (SSSR count). The molecule has 3 aliphatic heterocycles. The van der Waals surface area contributed by atoms with Crippen LogP contribution in [0.1, 0.15) is 74.9 Å². The van der Waals surface area contributed by atoms with Crippen LogP contribution in [0.25, 0.3) is 0 Å². The summed E-state index contributed by atoms with van der Waals surface area (Å²) in [5, 5.41) is 18.9. The fourth-order valence-electron chi connectivity index (χ4n) is 7.23. The van der Waals surface area contributed by atoms with Gasteiger partial charge >= 0.3 is 5.97 Å². The molecule has 0 bridgehead atoms. The molecular weight excluding hydrogens is 675 g/mol. The van der Waals surface area contributed by atoms with E-state index in [4.69, 9.17) is 14.2 Å². The first-order chi connectivity index (χ1) is 24.3. The number of para-hydroxylation sites is 1. The lowest BCUT2D eigenvalue weighted by Crippen LogP contribution is -2.43. The van der Waals surface area contributed by atoms with E-state index in [1.54, 1.807) is 42.4 Å². The van der Waals surface area contributed by atoms with E-state index in [0.29, 0.717) is 47.6 Å². The van der Waals surface area contributed by atoms with E-state index in [-0.39, 0.29) is 37.6 Å². The smallest absolute Gasteiger partial charge is 0.312 e. The molecule has 1 unspecified atom stereocenters. The van der Waals surface area contributed by atoms with Crippen LogP contribution in [0.2, 0.25) is 0 Å². The van der Waals surface area contributed by atoms with E-state index in [0.717, 1.165) is 49.9 Å². The maximum absolute atomic E-state index is 12.9. The van der Waals surface area contributed by atoms with Crippen LogP contribution in [0.15, 0.2) is 53.6 Å². The van der Waals surface area contributed by atoms with Crippen molar-refractivity contribution >= 4 is 22.7 Å². The molecule has 14 heteroatoms. The van der Waals surface area contributed by atoms with Crippen molar-refractivity contribution in [3.8, 4) is 5.75 Å². The van der Waals surface area contributed by atoms with Crippen LogP contribution < -0.4 is 4.74 Å². The van der Waals surface area contributed by atoms with Gasteiger partial charge in [0.05, 0.1) is 30.9 Å². The molecule has 3 aliphatic rings. The van der Waals surface area contributed by atoms with Gasteiger partial charge in [-0.25, -0.2) is 0 Å². The first-order valence-corrected chi connectivity index (χ1v) is 19.3. The van der Waals surface area contributed by atoms with Crippen molar-refractivity contribution < 1.29 is 38.0 Å². The Balaban J connectivity index is 1.12. The third-order valence-corrected chi connectivity index (χ3v) is 12.4. The van der Waals surface area contributed by atoms with Crippen LogP contribution in [-0.4, -0.2) is 89.2 Å². The molecule has 3 aromatic rings. The molecule has 0 spiro atoms. The number of amides is 1. The van der Waals surface area contributed by atoms with Crippen molar-refractivity contribution in [3.05, 3.63) is 71.0 Å². The SMILES string of the molecule is Cc1ccc(C(OCc2cn(CC3CCN(C(=O)C4CCOCC4)CC3)nn2)C(C)(C)C(=O)O)cc1CN1C[C@@H](C)Oc2ccccc2S1(O)O. The summed E-state index contributed by atoms with van der Waals surface area (Å²) in [5.74, 6) is 0.144. The van der Waals surface area contributed by atoms with Gasteiger partial charge in [0, 0.05) is 45.3 Å². The molecule has 0 aliphatic carbocycles. The van der Waals surface area contributed by atoms with Gasteiger partial charge in [0.25, 0.3) is 0 Å². The van der Waals surface area contributed by atoms with Crippen molar-refractivity contribution in [3.63, 3.8) is 0 Å². The maximum atomic E-state index is 12.9. The van der Waals surface area contributed by atoms with E-state index >= 15 is 0 Å². The van der Waals surface area contributed by atoms with Crippen molar-refractivity contribution in [2.45, 2.75) is 90.2 Å². The minimum atomic E-state index is -3.36. The molecule has 13 nitrogen and oxygen atoms in total. The van der Waals surface area contributed by atoms with Gasteiger partial charge in [-0.3, -0.25) is 23.4 Å². The van der Waals surface area contributed by atoms with Crippen LogP contribution in [0.4, 0.5) is 0 Å². The zero-order valence-electron chi connectivity index (χ0n) is 29.9. The van der Waals surface area contributed by atoms with Crippen molar-refractivity contribution in [1.29, 1.82) is 0 Å². The second kappa shape index (κ2) is 15.6. The van der Waals surface area contributed by atoms with Gasteiger partial charge in [-0.15, -0.1) is 15.9 Å². The summed E-state index contributed by atoms with van der Waals surface area (Å²) in [4.78, 5) is 27.8. The number of piperidine rings is 1. The van der Waals surface area contributed by atoms with Crippen molar-refractivity contribution in [2.75, 3.05) is 32.8 Å². The second-order valence-electron chi connectivity index (χ2n) is 14.7. The summed E-state index contributed by atoms with van der Waals surface area (Å²) in [5.41, 5.74) is 1.69. The Kier molecular flexibility index (Phi) is 11.4. The zero-order chi connectivity index (χ0) is 36.3. The molecule has 4 heterocycles. The standard InChI is InChI=1S/C37H51N5O8S/c1-25-9-10-29(19-30(25)22-42-20-26(2)50-32-7-5-6-8-33(32)51(42,46)47)34(37(3,4)36(44)45)49-24-31-23-41(39-38-31)21-27-11-15-40(16-12-27)35(43)28-13-17-48-18-14-28/h5-10,19,23,26-28,34,46-47H,11-18,20-22,24H2,1-4H3,(H,44,45)/t26-,34?/m1/s1. The Hall–Kier alpha value is -3.53. The van der Waals surface area contributed by atoms with E-state index < -0.39 is 28.3 Å². The molecule has 2 saturated heterocycles. The molecule has 2 fully saturated rings. The number of rotatable bonds is 11. The van der Waals surface area contributed by atoms with Crippen LogP contribution in [-0.2, 0) is 38.8 Å². The molecule has 1 aromatic heterocycles. The number of carboxylic acid groups (broad SMARTS) is 1. The minimum absolute atomic E-state index is 0.0565. The average molecular weight is 726 g/mol. The van der Waals surface area contributed by atoms with Gasteiger partial charge in [-0.1, -0.05) is 35.5 Å². The van der Waals surface area contributed by atoms with E-state index in [2.05, 4.69) is 10.3 Å². The summed E-state index contributed by atoms with van der Waals surface area (Å²) in [7, 11) is -3.36. The van der Waals surface area contributed by atoms with Crippen LogP contribution in [0.3, 0.4) is 0 Å². The number of aromatic nitrogens is 3. The Bertz CT molecular complexity index is 1680. The quantitative estimate of drug-likeness (QED) is 0.215. The first kappa shape index (κ1) is 37.2. The molecule has 2 aromatic carbocycles. The molecule has 278 valence electrons. The highest BCUT2D eigenvalue weighted by atomic mass is 32.3. The second-order valence-corrected chi connectivity index (χ2v) is 16.7. The number of aliphatic carboxylic acids is 1. The molecule has 3 N–H and O–H groups in total. The number of carboxylic acids is 1. The van der Waals surface area contributed by atoms with E-state index in [1.807, 2.05) is 47.8 Å².